The van der Waals surface area contributed by atoms with Crippen molar-refractivity contribution < 1.29 is 28.1 Å². The van der Waals surface area contributed by atoms with E-state index in [1.54, 1.807) is 0 Å². The Balaban J connectivity index is 1.88. The van der Waals surface area contributed by atoms with Gasteiger partial charge >= 0.3 is 6.36 Å². The molecule has 0 amide bonds. The van der Waals surface area contributed by atoms with Gasteiger partial charge in [-0.3, -0.25) is 4.98 Å². The molecule has 7 heteroatoms. The number of rotatable bonds is 5. The standard InChI is InChI=1S/C27H32F3NO3/c1-15(2)24-23(25(33)17-9-11-18(12-10-17)34-27(28,29)30)21(16-7-5-6-8-16)22-19(31-24)13-26(3,4)14-20(22)32/h7,9-12,15,20,25,32-33H,5-6,8,13-14H2,1-4H3. The predicted octanol–water partition coefficient (Wildman–Crippen LogP) is 6.76. The van der Waals surface area contributed by atoms with Crippen molar-refractivity contribution in [3.8, 4) is 5.75 Å². The van der Waals surface area contributed by atoms with Gasteiger partial charge in [-0.05, 0) is 72.3 Å². The largest absolute Gasteiger partial charge is 0.573 e. The maximum atomic E-state index is 12.6. The Kier molecular flexibility index (Phi) is 6.55. The second-order valence-corrected chi connectivity index (χ2v) is 10.5. The number of alkyl halides is 3. The van der Waals surface area contributed by atoms with E-state index >= 15 is 0 Å². The minimum absolute atomic E-state index is 0.00530. The van der Waals surface area contributed by atoms with Crippen molar-refractivity contribution >= 4 is 5.57 Å². The van der Waals surface area contributed by atoms with E-state index in [4.69, 9.17) is 4.98 Å². The molecule has 1 heterocycles. The first kappa shape index (κ1) is 24.7. The molecule has 2 aliphatic rings. The monoisotopic (exact) mass is 475 g/mol. The van der Waals surface area contributed by atoms with Gasteiger partial charge in [0.05, 0.1) is 6.10 Å². The number of benzene rings is 1. The fraction of sp³-hybridized carbons (Fsp3) is 0.519. The summed E-state index contributed by atoms with van der Waals surface area (Å²) in [6.45, 7) is 8.28. The van der Waals surface area contributed by atoms with Crippen LogP contribution in [0.2, 0.25) is 0 Å². The molecule has 2 aromatic rings. The lowest BCUT2D eigenvalue weighted by Crippen LogP contribution is -2.29. The maximum absolute atomic E-state index is 12.6. The van der Waals surface area contributed by atoms with Crippen LogP contribution in [-0.4, -0.2) is 21.6 Å². The molecular formula is C27H32F3NO3. The molecule has 0 saturated carbocycles. The van der Waals surface area contributed by atoms with Crippen LogP contribution in [0.15, 0.2) is 30.3 Å². The van der Waals surface area contributed by atoms with E-state index in [1.165, 1.54) is 24.3 Å². The number of pyridine rings is 1. The van der Waals surface area contributed by atoms with E-state index in [9.17, 15) is 23.4 Å². The van der Waals surface area contributed by atoms with Crippen LogP contribution in [0.4, 0.5) is 13.2 Å². The first-order valence-electron chi connectivity index (χ1n) is 11.8. The highest BCUT2D eigenvalue weighted by Gasteiger charge is 2.38. The summed E-state index contributed by atoms with van der Waals surface area (Å²) in [5.74, 6) is -0.335. The summed E-state index contributed by atoms with van der Waals surface area (Å²) in [6, 6.07) is 5.31. The second-order valence-electron chi connectivity index (χ2n) is 10.5. The molecule has 4 rings (SSSR count). The topological polar surface area (TPSA) is 62.6 Å². The zero-order valence-corrected chi connectivity index (χ0v) is 20.0. The van der Waals surface area contributed by atoms with Crippen molar-refractivity contribution in [3.63, 3.8) is 0 Å². The number of hydrogen-bond donors (Lipinski definition) is 2. The minimum Gasteiger partial charge on any atom is -0.406 e. The lowest BCUT2D eigenvalue weighted by atomic mass is 9.71. The zero-order chi connectivity index (χ0) is 24.8. The average molecular weight is 476 g/mol. The molecule has 4 nitrogen and oxygen atoms in total. The van der Waals surface area contributed by atoms with Crippen LogP contribution in [0.3, 0.4) is 0 Å². The molecule has 2 aliphatic carbocycles. The molecule has 2 atom stereocenters. The van der Waals surface area contributed by atoms with E-state index in [0.717, 1.165) is 53.8 Å². The van der Waals surface area contributed by atoms with Gasteiger partial charge in [0, 0.05) is 22.5 Å². The van der Waals surface area contributed by atoms with Crippen LogP contribution in [0, 0.1) is 5.41 Å². The number of halogens is 3. The summed E-state index contributed by atoms with van der Waals surface area (Å²) < 4.78 is 41.7. The summed E-state index contributed by atoms with van der Waals surface area (Å²) in [4.78, 5) is 4.98. The number of hydrogen-bond acceptors (Lipinski definition) is 4. The van der Waals surface area contributed by atoms with Crippen LogP contribution in [0.5, 0.6) is 5.75 Å². The second kappa shape index (κ2) is 9.00. The number of aliphatic hydroxyl groups is 2. The third-order valence-corrected chi connectivity index (χ3v) is 6.72. The third kappa shape index (κ3) is 5.01. The Hall–Kier alpha value is -2.38. The average Bonchev–Trinajstić information content (AvgIpc) is 3.25. The molecule has 0 aliphatic heterocycles. The Morgan fingerprint density at radius 1 is 1.15 bits per heavy atom. The Labute approximate surface area is 198 Å². The molecule has 0 saturated heterocycles. The lowest BCUT2D eigenvalue weighted by molar-refractivity contribution is -0.274. The van der Waals surface area contributed by atoms with Gasteiger partial charge in [0.2, 0.25) is 0 Å². The molecule has 0 spiro atoms. The maximum Gasteiger partial charge on any atom is 0.573 e. The van der Waals surface area contributed by atoms with Crippen LogP contribution < -0.4 is 4.74 Å². The van der Waals surface area contributed by atoms with Crippen molar-refractivity contribution in [2.24, 2.45) is 5.41 Å². The van der Waals surface area contributed by atoms with Crippen molar-refractivity contribution in [2.75, 3.05) is 0 Å². The number of allylic oxidation sites excluding steroid dienone is 2. The van der Waals surface area contributed by atoms with Crippen LogP contribution in [-0.2, 0) is 6.42 Å². The number of fused-ring (bicyclic) bond motifs is 1. The number of nitrogens with zero attached hydrogens (tertiary/aromatic N) is 1. The van der Waals surface area contributed by atoms with Crippen LogP contribution in [0.1, 0.15) is 105 Å². The minimum atomic E-state index is -4.78. The zero-order valence-electron chi connectivity index (χ0n) is 20.0. The van der Waals surface area contributed by atoms with Gasteiger partial charge in [0.25, 0.3) is 0 Å². The van der Waals surface area contributed by atoms with Crippen molar-refractivity contribution in [3.05, 3.63) is 64.0 Å². The predicted molar refractivity (Wildman–Crippen MR) is 124 cm³/mol. The number of aliphatic hydroxyl groups excluding tert-OH is 2. The highest BCUT2D eigenvalue weighted by atomic mass is 19.4. The Morgan fingerprint density at radius 2 is 1.82 bits per heavy atom. The van der Waals surface area contributed by atoms with E-state index in [-0.39, 0.29) is 17.1 Å². The summed E-state index contributed by atoms with van der Waals surface area (Å²) in [6.07, 6.45) is -0.286. The number of aromatic nitrogens is 1. The fourth-order valence-electron chi connectivity index (χ4n) is 5.31. The molecular weight excluding hydrogens is 443 g/mol. The van der Waals surface area contributed by atoms with E-state index in [0.29, 0.717) is 17.5 Å². The molecule has 0 bridgehead atoms. The quantitative estimate of drug-likeness (QED) is 0.502. The van der Waals surface area contributed by atoms with Gasteiger partial charge in [-0.15, -0.1) is 13.2 Å². The molecule has 0 radical (unpaired) electrons. The molecule has 1 aromatic heterocycles. The molecule has 0 fully saturated rings. The Morgan fingerprint density at radius 3 is 2.38 bits per heavy atom. The molecule has 184 valence electrons. The van der Waals surface area contributed by atoms with Gasteiger partial charge in [0.1, 0.15) is 11.9 Å². The van der Waals surface area contributed by atoms with Crippen molar-refractivity contribution in [1.82, 2.24) is 4.98 Å². The van der Waals surface area contributed by atoms with Gasteiger partial charge in [-0.25, -0.2) is 0 Å². The van der Waals surface area contributed by atoms with Gasteiger partial charge < -0.3 is 14.9 Å². The summed E-state index contributed by atoms with van der Waals surface area (Å²) in [5, 5.41) is 22.8. The molecule has 2 N–H and O–H groups in total. The summed E-state index contributed by atoms with van der Waals surface area (Å²) in [5.41, 5.74) is 5.40. The van der Waals surface area contributed by atoms with Gasteiger partial charge in [-0.1, -0.05) is 45.9 Å². The van der Waals surface area contributed by atoms with Gasteiger partial charge in [-0.2, -0.15) is 0 Å². The van der Waals surface area contributed by atoms with E-state index < -0.39 is 18.6 Å². The molecule has 1 aromatic carbocycles. The van der Waals surface area contributed by atoms with Crippen LogP contribution >= 0.6 is 0 Å². The van der Waals surface area contributed by atoms with E-state index in [1.807, 2.05) is 13.8 Å². The highest BCUT2D eigenvalue weighted by molar-refractivity contribution is 5.75. The van der Waals surface area contributed by atoms with Gasteiger partial charge in [0.15, 0.2) is 0 Å². The third-order valence-electron chi connectivity index (χ3n) is 6.72. The summed E-state index contributed by atoms with van der Waals surface area (Å²) in [7, 11) is 0. The lowest BCUT2D eigenvalue weighted by Gasteiger charge is -2.37. The highest BCUT2D eigenvalue weighted by Crippen LogP contribution is 2.48. The SMILES string of the molecule is CC(C)c1nc2c(c(C3=CCCC3)c1C(O)c1ccc(OC(F)(F)F)cc1)C(O)CC(C)(C)C2. The fourth-order valence-corrected chi connectivity index (χ4v) is 5.31. The molecule has 34 heavy (non-hydrogen) atoms. The normalized spacial score (nSPS) is 20.8. The summed E-state index contributed by atoms with van der Waals surface area (Å²) >= 11 is 0. The van der Waals surface area contributed by atoms with Crippen LogP contribution in [0.25, 0.3) is 5.57 Å². The van der Waals surface area contributed by atoms with Crippen molar-refractivity contribution in [1.29, 1.82) is 0 Å². The first-order chi connectivity index (χ1) is 15.9. The molecule has 2 unspecified atom stereocenters. The first-order valence-corrected chi connectivity index (χ1v) is 11.8. The Bertz CT molecular complexity index is 1090. The number of ether oxygens (including phenoxy) is 1. The smallest absolute Gasteiger partial charge is 0.406 e. The van der Waals surface area contributed by atoms with E-state index in [2.05, 4.69) is 24.7 Å². The van der Waals surface area contributed by atoms with Crippen molar-refractivity contribution in [2.45, 2.75) is 84.3 Å².